The van der Waals surface area contributed by atoms with Crippen LogP contribution in [0.1, 0.15) is 18.9 Å². The fraction of sp³-hybridized carbons (Fsp3) is 0.500. The molecule has 1 heterocycles. The normalized spacial score (nSPS) is 17.4. The van der Waals surface area contributed by atoms with E-state index >= 15 is 0 Å². The van der Waals surface area contributed by atoms with Gasteiger partial charge in [-0.2, -0.15) is 11.8 Å². The van der Waals surface area contributed by atoms with Crippen LogP contribution < -0.4 is 5.32 Å². The second kappa shape index (κ2) is 10.6. The maximum Gasteiger partial charge on any atom is 0.193 e. The molecule has 1 aliphatic rings. The molecule has 0 bridgehead atoms. The molecule has 1 atom stereocenters. The standard InChI is InChI=1S/C22H31N3OS/c1-3-23-22(25(2)15-18-11-13-26-16-18)24-12-14-27-17-20-9-6-8-19-7-4-5-10-21(19)20/h4-10,18H,3,11-17H2,1-2H3,(H,23,24). The average Bonchev–Trinajstić information content (AvgIpc) is 3.20. The fourth-order valence-electron chi connectivity index (χ4n) is 3.49. The summed E-state index contributed by atoms with van der Waals surface area (Å²) in [5.74, 6) is 3.69. The summed E-state index contributed by atoms with van der Waals surface area (Å²) in [6, 6.07) is 15.2. The summed E-state index contributed by atoms with van der Waals surface area (Å²) in [7, 11) is 2.13. The predicted molar refractivity (Wildman–Crippen MR) is 118 cm³/mol. The zero-order valence-corrected chi connectivity index (χ0v) is 17.3. The van der Waals surface area contributed by atoms with Gasteiger partial charge in [-0.15, -0.1) is 0 Å². The molecule has 1 unspecified atom stereocenters. The fourth-order valence-corrected chi connectivity index (χ4v) is 4.32. The number of rotatable bonds is 8. The molecule has 0 aromatic heterocycles. The Labute approximate surface area is 167 Å². The van der Waals surface area contributed by atoms with Gasteiger partial charge in [0.05, 0.1) is 13.2 Å². The lowest BCUT2D eigenvalue weighted by molar-refractivity contribution is 0.181. The molecule has 4 nitrogen and oxygen atoms in total. The summed E-state index contributed by atoms with van der Waals surface area (Å²) >= 11 is 1.95. The molecule has 1 aliphatic heterocycles. The minimum absolute atomic E-state index is 0.625. The maximum atomic E-state index is 5.49. The Morgan fingerprint density at radius 1 is 1.26 bits per heavy atom. The number of benzene rings is 2. The van der Waals surface area contributed by atoms with Crippen LogP contribution in [0.3, 0.4) is 0 Å². The van der Waals surface area contributed by atoms with E-state index in [1.54, 1.807) is 0 Å². The van der Waals surface area contributed by atoms with E-state index in [-0.39, 0.29) is 0 Å². The Morgan fingerprint density at radius 2 is 2.11 bits per heavy atom. The van der Waals surface area contributed by atoms with Crippen LogP contribution in [0, 0.1) is 5.92 Å². The van der Waals surface area contributed by atoms with Crippen molar-refractivity contribution < 1.29 is 4.74 Å². The van der Waals surface area contributed by atoms with Crippen LogP contribution in [-0.2, 0) is 10.5 Å². The molecule has 1 saturated heterocycles. The van der Waals surface area contributed by atoms with Crippen molar-refractivity contribution in [2.24, 2.45) is 10.9 Å². The molecular weight excluding hydrogens is 354 g/mol. The highest BCUT2D eigenvalue weighted by atomic mass is 32.2. The van der Waals surface area contributed by atoms with Gasteiger partial charge in [0.15, 0.2) is 5.96 Å². The van der Waals surface area contributed by atoms with Crippen molar-refractivity contribution in [3.63, 3.8) is 0 Å². The van der Waals surface area contributed by atoms with Crippen molar-refractivity contribution in [1.29, 1.82) is 0 Å². The van der Waals surface area contributed by atoms with E-state index in [1.807, 2.05) is 11.8 Å². The quantitative estimate of drug-likeness (QED) is 0.423. The van der Waals surface area contributed by atoms with E-state index in [2.05, 4.69) is 66.7 Å². The smallest absolute Gasteiger partial charge is 0.193 e. The van der Waals surface area contributed by atoms with Crippen LogP contribution in [-0.4, -0.2) is 56.5 Å². The Hall–Kier alpha value is -1.72. The summed E-state index contributed by atoms with van der Waals surface area (Å²) in [4.78, 5) is 7.07. The molecule has 1 N–H and O–H groups in total. The van der Waals surface area contributed by atoms with Crippen molar-refractivity contribution in [1.82, 2.24) is 10.2 Å². The van der Waals surface area contributed by atoms with Gasteiger partial charge >= 0.3 is 0 Å². The number of thioether (sulfide) groups is 1. The zero-order valence-electron chi connectivity index (χ0n) is 16.5. The van der Waals surface area contributed by atoms with Gasteiger partial charge in [0.25, 0.3) is 0 Å². The minimum atomic E-state index is 0.625. The number of ether oxygens (including phenoxy) is 1. The molecule has 146 valence electrons. The molecule has 0 radical (unpaired) electrons. The highest BCUT2D eigenvalue weighted by molar-refractivity contribution is 7.98. The molecule has 27 heavy (non-hydrogen) atoms. The lowest BCUT2D eigenvalue weighted by Gasteiger charge is -2.24. The molecule has 3 rings (SSSR count). The number of nitrogens with one attached hydrogen (secondary N) is 1. The molecular formula is C22H31N3OS. The third kappa shape index (κ3) is 5.88. The van der Waals surface area contributed by atoms with Crippen LogP contribution in [0.2, 0.25) is 0 Å². The molecule has 2 aromatic carbocycles. The Morgan fingerprint density at radius 3 is 2.93 bits per heavy atom. The number of nitrogens with zero attached hydrogens (tertiary/aromatic N) is 2. The lowest BCUT2D eigenvalue weighted by atomic mass is 10.1. The zero-order chi connectivity index (χ0) is 18.9. The van der Waals surface area contributed by atoms with Crippen molar-refractivity contribution in [2.45, 2.75) is 19.1 Å². The third-order valence-electron chi connectivity index (χ3n) is 4.89. The number of aliphatic imine (C=N–C) groups is 1. The maximum absolute atomic E-state index is 5.49. The van der Waals surface area contributed by atoms with Crippen LogP contribution >= 0.6 is 11.8 Å². The number of hydrogen-bond donors (Lipinski definition) is 1. The van der Waals surface area contributed by atoms with Gasteiger partial charge in [0.2, 0.25) is 0 Å². The van der Waals surface area contributed by atoms with E-state index in [9.17, 15) is 0 Å². The topological polar surface area (TPSA) is 36.9 Å². The molecule has 1 fully saturated rings. The average molecular weight is 386 g/mol. The molecule has 5 heteroatoms. The Kier molecular flexibility index (Phi) is 7.84. The Balaban J connectivity index is 1.48. The van der Waals surface area contributed by atoms with Crippen molar-refractivity contribution in [3.8, 4) is 0 Å². The molecule has 0 aliphatic carbocycles. The van der Waals surface area contributed by atoms with Gasteiger partial charge in [-0.1, -0.05) is 42.5 Å². The summed E-state index contributed by atoms with van der Waals surface area (Å²) < 4.78 is 5.49. The van der Waals surface area contributed by atoms with Gasteiger partial charge in [-0.25, -0.2) is 0 Å². The van der Waals surface area contributed by atoms with E-state index in [0.717, 1.165) is 56.7 Å². The number of guanidine groups is 1. The summed E-state index contributed by atoms with van der Waals surface area (Å²) in [5.41, 5.74) is 1.41. The van der Waals surface area contributed by atoms with Crippen LogP contribution in [0.25, 0.3) is 10.8 Å². The highest BCUT2D eigenvalue weighted by Crippen LogP contribution is 2.22. The summed E-state index contributed by atoms with van der Waals surface area (Å²) in [5, 5.41) is 6.10. The van der Waals surface area contributed by atoms with Crippen LogP contribution in [0.15, 0.2) is 47.5 Å². The van der Waals surface area contributed by atoms with Gasteiger partial charge in [-0.05, 0) is 29.7 Å². The highest BCUT2D eigenvalue weighted by Gasteiger charge is 2.18. The van der Waals surface area contributed by atoms with Crippen molar-refractivity contribution >= 4 is 28.5 Å². The number of hydrogen-bond acceptors (Lipinski definition) is 3. The summed E-state index contributed by atoms with van der Waals surface area (Å²) in [6.45, 7) is 6.64. The Bertz CT molecular complexity index is 738. The van der Waals surface area contributed by atoms with Gasteiger partial charge in [0.1, 0.15) is 0 Å². The summed E-state index contributed by atoms with van der Waals surface area (Å²) in [6.07, 6.45) is 1.16. The first-order valence-electron chi connectivity index (χ1n) is 9.89. The van der Waals surface area contributed by atoms with Gasteiger partial charge in [-0.3, -0.25) is 4.99 Å². The monoisotopic (exact) mass is 385 g/mol. The second-order valence-electron chi connectivity index (χ2n) is 7.04. The first-order chi connectivity index (χ1) is 13.3. The molecule has 0 spiro atoms. The van der Waals surface area contributed by atoms with E-state index < -0.39 is 0 Å². The third-order valence-corrected chi connectivity index (χ3v) is 5.87. The largest absolute Gasteiger partial charge is 0.381 e. The minimum Gasteiger partial charge on any atom is -0.381 e. The van der Waals surface area contributed by atoms with E-state index in [0.29, 0.717) is 5.92 Å². The van der Waals surface area contributed by atoms with Crippen molar-refractivity contribution in [2.75, 3.05) is 45.6 Å². The first kappa shape index (κ1) is 20.0. The molecule has 0 saturated carbocycles. The predicted octanol–water partition coefficient (Wildman–Crippen LogP) is 4.01. The second-order valence-corrected chi connectivity index (χ2v) is 8.14. The molecule has 2 aromatic rings. The van der Waals surface area contributed by atoms with E-state index in [1.165, 1.54) is 16.3 Å². The van der Waals surface area contributed by atoms with Gasteiger partial charge in [0, 0.05) is 44.2 Å². The van der Waals surface area contributed by atoms with Crippen molar-refractivity contribution in [3.05, 3.63) is 48.0 Å². The first-order valence-corrected chi connectivity index (χ1v) is 11.0. The van der Waals surface area contributed by atoms with Crippen LogP contribution in [0.5, 0.6) is 0 Å². The van der Waals surface area contributed by atoms with Gasteiger partial charge < -0.3 is 15.0 Å². The van der Waals surface area contributed by atoms with E-state index in [4.69, 9.17) is 9.73 Å². The SMILES string of the molecule is CCNC(=NCCSCc1cccc2ccccc12)N(C)CC1CCOC1. The lowest BCUT2D eigenvalue weighted by Crippen LogP contribution is -2.41. The molecule has 0 amide bonds. The number of fused-ring (bicyclic) bond motifs is 1. The van der Waals surface area contributed by atoms with Crippen LogP contribution in [0.4, 0.5) is 0 Å².